The van der Waals surface area contributed by atoms with E-state index >= 15 is 0 Å². The summed E-state index contributed by atoms with van der Waals surface area (Å²) in [7, 11) is 0. The molecule has 1 aromatic rings. The summed E-state index contributed by atoms with van der Waals surface area (Å²) in [6, 6.07) is 7.40. The van der Waals surface area contributed by atoms with Gasteiger partial charge in [-0.3, -0.25) is 14.5 Å². The third-order valence-corrected chi connectivity index (χ3v) is 4.25. The van der Waals surface area contributed by atoms with Crippen molar-refractivity contribution in [1.29, 1.82) is 0 Å². The number of amides is 2. The highest BCUT2D eigenvalue weighted by molar-refractivity contribution is 6.22. The van der Waals surface area contributed by atoms with Gasteiger partial charge in [-0.2, -0.15) is 0 Å². The average molecular weight is 258 g/mol. The molecule has 4 nitrogen and oxygen atoms in total. The van der Waals surface area contributed by atoms with Crippen LogP contribution in [0.5, 0.6) is 0 Å². The zero-order valence-electron chi connectivity index (χ0n) is 10.8. The molecule has 1 heterocycles. The SMILES string of the molecule is NCc1cccc(N2C(=O)C3CCCCC3C2=O)c1. The molecular weight excluding hydrogens is 240 g/mol. The Balaban J connectivity index is 1.95. The minimum atomic E-state index is -0.0946. The minimum Gasteiger partial charge on any atom is -0.326 e. The largest absolute Gasteiger partial charge is 0.326 e. The van der Waals surface area contributed by atoms with E-state index in [1.807, 2.05) is 24.3 Å². The van der Waals surface area contributed by atoms with Crippen LogP contribution < -0.4 is 10.6 Å². The third kappa shape index (κ3) is 1.96. The zero-order chi connectivity index (χ0) is 13.4. The normalized spacial score (nSPS) is 26.7. The predicted octanol–water partition coefficient (Wildman–Crippen LogP) is 1.82. The van der Waals surface area contributed by atoms with Gasteiger partial charge in [0.1, 0.15) is 0 Å². The molecule has 2 atom stereocenters. The van der Waals surface area contributed by atoms with E-state index in [-0.39, 0.29) is 23.7 Å². The molecule has 1 aliphatic heterocycles. The molecule has 3 rings (SSSR count). The van der Waals surface area contributed by atoms with E-state index in [4.69, 9.17) is 5.73 Å². The lowest BCUT2D eigenvalue weighted by molar-refractivity contribution is -0.122. The quantitative estimate of drug-likeness (QED) is 0.823. The molecule has 0 radical (unpaired) electrons. The van der Waals surface area contributed by atoms with E-state index in [0.29, 0.717) is 12.2 Å². The van der Waals surface area contributed by atoms with Gasteiger partial charge in [0.2, 0.25) is 11.8 Å². The fourth-order valence-electron chi connectivity index (χ4n) is 3.24. The molecule has 2 unspecified atom stereocenters. The van der Waals surface area contributed by atoms with Crippen LogP contribution in [0.3, 0.4) is 0 Å². The smallest absolute Gasteiger partial charge is 0.237 e. The number of imide groups is 1. The summed E-state index contributed by atoms with van der Waals surface area (Å²) in [5, 5.41) is 0. The Hall–Kier alpha value is -1.68. The van der Waals surface area contributed by atoms with Crippen LogP contribution in [0.2, 0.25) is 0 Å². The van der Waals surface area contributed by atoms with Gasteiger partial charge in [0.05, 0.1) is 17.5 Å². The molecule has 1 saturated heterocycles. The molecule has 2 fully saturated rings. The van der Waals surface area contributed by atoms with Gasteiger partial charge in [0.15, 0.2) is 0 Å². The maximum absolute atomic E-state index is 12.4. The Morgan fingerprint density at radius 2 is 1.74 bits per heavy atom. The number of nitrogens with two attached hydrogens (primary N) is 1. The lowest BCUT2D eigenvalue weighted by atomic mass is 9.81. The summed E-state index contributed by atoms with van der Waals surface area (Å²) in [6.07, 6.45) is 3.80. The topological polar surface area (TPSA) is 63.4 Å². The standard InChI is InChI=1S/C15H18N2O2/c16-9-10-4-3-5-11(8-10)17-14(18)12-6-1-2-7-13(12)15(17)19/h3-5,8,12-13H,1-2,6-7,9,16H2. The number of fused-ring (bicyclic) bond motifs is 1. The van der Waals surface area contributed by atoms with Crippen molar-refractivity contribution in [1.82, 2.24) is 0 Å². The molecular formula is C15H18N2O2. The fraction of sp³-hybridized carbons (Fsp3) is 0.467. The molecule has 4 heteroatoms. The molecule has 0 bridgehead atoms. The summed E-state index contributed by atoms with van der Waals surface area (Å²) in [6.45, 7) is 0.414. The Bertz CT molecular complexity index is 503. The van der Waals surface area contributed by atoms with Crippen LogP contribution in [-0.4, -0.2) is 11.8 Å². The van der Waals surface area contributed by atoms with Crippen molar-refractivity contribution < 1.29 is 9.59 Å². The van der Waals surface area contributed by atoms with Gasteiger partial charge in [-0.05, 0) is 30.5 Å². The maximum atomic E-state index is 12.4. The first-order valence-electron chi connectivity index (χ1n) is 6.89. The fourth-order valence-corrected chi connectivity index (χ4v) is 3.24. The highest BCUT2D eigenvalue weighted by Crippen LogP contribution is 2.40. The van der Waals surface area contributed by atoms with Gasteiger partial charge in [-0.1, -0.05) is 25.0 Å². The Morgan fingerprint density at radius 3 is 2.32 bits per heavy atom. The number of nitrogens with zero attached hydrogens (tertiary/aromatic N) is 1. The highest BCUT2D eigenvalue weighted by Gasteiger charge is 2.48. The van der Waals surface area contributed by atoms with Crippen molar-refractivity contribution >= 4 is 17.5 Å². The lowest BCUT2D eigenvalue weighted by Gasteiger charge is -2.19. The van der Waals surface area contributed by atoms with Gasteiger partial charge in [-0.15, -0.1) is 0 Å². The highest BCUT2D eigenvalue weighted by atomic mass is 16.2. The van der Waals surface area contributed by atoms with Gasteiger partial charge in [0.25, 0.3) is 0 Å². The van der Waals surface area contributed by atoms with Crippen molar-refractivity contribution in [3.05, 3.63) is 29.8 Å². The first-order valence-corrected chi connectivity index (χ1v) is 6.89. The van der Waals surface area contributed by atoms with E-state index in [1.165, 1.54) is 4.90 Å². The second kappa shape index (κ2) is 4.78. The van der Waals surface area contributed by atoms with Crippen LogP contribution in [0, 0.1) is 11.8 Å². The summed E-state index contributed by atoms with van der Waals surface area (Å²) in [4.78, 5) is 26.2. The number of hydrogen-bond donors (Lipinski definition) is 1. The molecule has 0 spiro atoms. The van der Waals surface area contributed by atoms with E-state index in [2.05, 4.69) is 0 Å². The van der Waals surface area contributed by atoms with Crippen LogP contribution in [-0.2, 0) is 16.1 Å². The number of benzene rings is 1. The first kappa shape index (κ1) is 12.4. The van der Waals surface area contributed by atoms with Gasteiger partial charge in [-0.25, -0.2) is 0 Å². The van der Waals surface area contributed by atoms with Crippen molar-refractivity contribution in [3.63, 3.8) is 0 Å². The number of rotatable bonds is 2. The van der Waals surface area contributed by atoms with Gasteiger partial charge >= 0.3 is 0 Å². The second-order valence-electron chi connectivity index (χ2n) is 5.38. The molecule has 2 amide bonds. The molecule has 19 heavy (non-hydrogen) atoms. The minimum absolute atomic E-state index is 0.0242. The number of carbonyl (C=O) groups is 2. The third-order valence-electron chi connectivity index (χ3n) is 4.25. The van der Waals surface area contributed by atoms with Gasteiger partial charge in [0, 0.05) is 6.54 Å². The number of carbonyl (C=O) groups excluding carboxylic acids is 2. The maximum Gasteiger partial charge on any atom is 0.237 e. The number of anilines is 1. The monoisotopic (exact) mass is 258 g/mol. The zero-order valence-corrected chi connectivity index (χ0v) is 10.8. The summed E-state index contributed by atoms with van der Waals surface area (Å²) >= 11 is 0. The summed E-state index contributed by atoms with van der Waals surface area (Å²) in [5.74, 6) is -0.238. The predicted molar refractivity (Wildman–Crippen MR) is 72.3 cm³/mol. The average Bonchev–Trinajstić information content (AvgIpc) is 2.72. The van der Waals surface area contributed by atoms with Crippen LogP contribution in [0.1, 0.15) is 31.2 Å². The molecule has 1 aromatic carbocycles. The number of hydrogen-bond acceptors (Lipinski definition) is 3. The Kier molecular flexibility index (Phi) is 3.11. The molecule has 1 aliphatic carbocycles. The first-order chi connectivity index (χ1) is 9.22. The van der Waals surface area contributed by atoms with Crippen LogP contribution in [0.25, 0.3) is 0 Å². The van der Waals surface area contributed by atoms with Crippen LogP contribution >= 0.6 is 0 Å². The van der Waals surface area contributed by atoms with Crippen molar-refractivity contribution in [3.8, 4) is 0 Å². The van der Waals surface area contributed by atoms with E-state index in [0.717, 1.165) is 31.2 Å². The molecule has 1 saturated carbocycles. The lowest BCUT2D eigenvalue weighted by Crippen LogP contribution is -2.30. The molecule has 0 aromatic heterocycles. The van der Waals surface area contributed by atoms with E-state index in [1.54, 1.807) is 0 Å². The second-order valence-corrected chi connectivity index (χ2v) is 5.38. The molecule has 100 valence electrons. The molecule has 2 N–H and O–H groups in total. The summed E-state index contributed by atoms with van der Waals surface area (Å²) < 4.78 is 0. The van der Waals surface area contributed by atoms with Gasteiger partial charge < -0.3 is 5.73 Å². The molecule has 2 aliphatic rings. The van der Waals surface area contributed by atoms with Crippen molar-refractivity contribution in [2.45, 2.75) is 32.2 Å². The van der Waals surface area contributed by atoms with Crippen LogP contribution in [0.15, 0.2) is 24.3 Å². The van der Waals surface area contributed by atoms with Crippen molar-refractivity contribution in [2.24, 2.45) is 17.6 Å². The Morgan fingerprint density at radius 1 is 1.11 bits per heavy atom. The Labute approximate surface area is 112 Å². The van der Waals surface area contributed by atoms with Crippen molar-refractivity contribution in [2.75, 3.05) is 4.90 Å². The van der Waals surface area contributed by atoms with Crippen LogP contribution in [0.4, 0.5) is 5.69 Å². The summed E-state index contributed by atoms with van der Waals surface area (Å²) in [5.41, 5.74) is 7.23. The van der Waals surface area contributed by atoms with E-state index < -0.39 is 0 Å². The van der Waals surface area contributed by atoms with E-state index in [9.17, 15) is 9.59 Å².